The zero-order valence-corrected chi connectivity index (χ0v) is 17.4. The van der Waals surface area contributed by atoms with Gasteiger partial charge in [-0.25, -0.2) is 4.39 Å². The molecule has 0 radical (unpaired) electrons. The van der Waals surface area contributed by atoms with Crippen molar-refractivity contribution in [2.75, 3.05) is 34.4 Å². The van der Waals surface area contributed by atoms with Crippen molar-refractivity contribution in [1.29, 1.82) is 0 Å². The highest BCUT2D eigenvalue weighted by molar-refractivity contribution is 5.76. The van der Waals surface area contributed by atoms with Crippen LogP contribution in [-0.4, -0.2) is 50.1 Å². The fourth-order valence-corrected chi connectivity index (χ4v) is 3.71. The van der Waals surface area contributed by atoms with Gasteiger partial charge in [0.15, 0.2) is 0 Å². The fraction of sp³-hybridized carbons (Fsp3) is 0.435. The Bertz CT molecular complexity index is 843. The molecule has 0 bridgehead atoms. The van der Waals surface area contributed by atoms with Crippen molar-refractivity contribution in [3.05, 3.63) is 59.4 Å². The summed E-state index contributed by atoms with van der Waals surface area (Å²) < 4.78 is 25.0. The molecule has 1 fully saturated rings. The molecule has 1 amide bonds. The van der Waals surface area contributed by atoms with Gasteiger partial charge in [-0.1, -0.05) is 12.1 Å². The third kappa shape index (κ3) is 5.94. The molecule has 5 nitrogen and oxygen atoms in total. The van der Waals surface area contributed by atoms with Gasteiger partial charge in [-0.15, -0.1) is 0 Å². The topological polar surface area (TPSA) is 42.0 Å². The first-order valence-electron chi connectivity index (χ1n) is 9.91. The summed E-state index contributed by atoms with van der Waals surface area (Å²) in [4.78, 5) is 15.5. The van der Waals surface area contributed by atoms with Crippen molar-refractivity contribution < 1.29 is 18.7 Å². The van der Waals surface area contributed by atoms with Gasteiger partial charge in [0.2, 0.25) is 5.91 Å². The largest absolute Gasteiger partial charge is 0.496 e. The standard InChI is InChI=1S/C23H29FN2O3/c1-25(13-17-5-4-6-20(24)11-17)15-19-12-21(8-9-22(19)28-3)29-16-18-7-10-23(27)26(2)14-18/h4-6,8-9,11-12,18H,7,10,13-16H2,1-3H3. The minimum absolute atomic E-state index is 0.203. The molecule has 1 aliphatic heterocycles. The summed E-state index contributed by atoms with van der Waals surface area (Å²) in [5.74, 6) is 1.91. The first-order valence-corrected chi connectivity index (χ1v) is 9.91. The number of carbonyl (C=O) groups excluding carboxylic acids is 1. The quantitative estimate of drug-likeness (QED) is 0.677. The maximum Gasteiger partial charge on any atom is 0.222 e. The normalized spacial score (nSPS) is 16.9. The molecular formula is C23H29FN2O3. The third-order valence-electron chi connectivity index (χ3n) is 5.24. The maximum absolute atomic E-state index is 13.4. The highest BCUT2D eigenvalue weighted by Gasteiger charge is 2.23. The molecule has 156 valence electrons. The van der Waals surface area contributed by atoms with Gasteiger partial charge in [0.1, 0.15) is 17.3 Å². The van der Waals surface area contributed by atoms with Gasteiger partial charge in [-0.2, -0.15) is 0 Å². The van der Waals surface area contributed by atoms with Crippen molar-refractivity contribution in [1.82, 2.24) is 9.80 Å². The number of piperidine rings is 1. The fourth-order valence-electron chi connectivity index (χ4n) is 3.71. The highest BCUT2D eigenvalue weighted by Crippen LogP contribution is 2.27. The van der Waals surface area contributed by atoms with E-state index < -0.39 is 0 Å². The molecule has 0 spiro atoms. The first-order chi connectivity index (χ1) is 13.9. The number of rotatable bonds is 8. The smallest absolute Gasteiger partial charge is 0.222 e. The van der Waals surface area contributed by atoms with Crippen molar-refractivity contribution in [3.8, 4) is 11.5 Å². The Morgan fingerprint density at radius 1 is 1.21 bits per heavy atom. The maximum atomic E-state index is 13.4. The Morgan fingerprint density at radius 2 is 2.03 bits per heavy atom. The first kappa shape index (κ1) is 21.1. The summed E-state index contributed by atoms with van der Waals surface area (Å²) in [6.07, 6.45) is 1.45. The summed E-state index contributed by atoms with van der Waals surface area (Å²) >= 11 is 0. The number of hydrogen-bond acceptors (Lipinski definition) is 4. The van der Waals surface area contributed by atoms with Gasteiger partial charge >= 0.3 is 0 Å². The van der Waals surface area contributed by atoms with Crippen LogP contribution in [0, 0.1) is 11.7 Å². The summed E-state index contributed by atoms with van der Waals surface area (Å²) in [6, 6.07) is 12.5. The molecule has 1 unspecified atom stereocenters. The van der Waals surface area contributed by atoms with Crippen LogP contribution < -0.4 is 9.47 Å². The van der Waals surface area contributed by atoms with Crippen LogP contribution in [0.15, 0.2) is 42.5 Å². The molecule has 1 atom stereocenters. The number of likely N-dealkylation sites (tertiary alicyclic amines) is 1. The summed E-state index contributed by atoms with van der Waals surface area (Å²) in [6.45, 7) is 2.60. The summed E-state index contributed by atoms with van der Waals surface area (Å²) in [7, 11) is 5.49. The van der Waals surface area contributed by atoms with Crippen molar-refractivity contribution >= 4 is 5.91 Å². The molecule has 1 aliphatic rings. The van der Waals surface area contributed by atoms with Gasteiger partial charge in [-0.05, 0) is 49.4 Å². The van der Waals surface area contributed by atoms with E-state index in [1.54, 1.807) is 24.1 Å². The molecule has 3 rings (SSSR count). The van der Waals surface area contributed by atoms with Crippen LogP contribution in [0.4, 0.5) is 4.39 Å². The Balaban J connectivity index is 1.61. The molecular weight excluding hydrogens is 371 g/mol. The van der Waals surface area contributed by atoms with Crippen molar-refractivity contribution in [2.45, 2.75) is 25.9 Å². The molecule has 2 aromatic rings. The molecule has 6 heteroatoms. The lowest BCUT2D eigenvalue weighted by Crippen LogP contribution is -2.38. The Morgan fingerprint density at radius 3 is 2.76 bits per heavy atom. The zero-order valence-electron chi connectivity index (χ0n) is 17.4. The second-order valence-electron chi connectivity index (χ2n) is 7.77. The molecule has 2 aromatic carbocycles. The second-order valence-corrected chi connectivity index (χ2v) is 7.77. The predicted octanol–water partition coefficient (Wildman–Crippen LogP) is 3.71. The number of amides is 1. The Labute approximate surface area is 172 Å². The predicted molar refractivity (Wildman–Crippen MR) is 110 cm³/mol. The third-order valence-corrected chi connectivity index (χ3v) is 5.24. The van der Waals surface area contributed by atoms with Crippen LogP contribution in [0.25, 0.3) is 0 Å². The van der Waals surface area contributed by atoms with Crippen LogP contribution in [0.1, 0.15) is 24.0 Å². The molecule has 1 heterocycles. The monoisotopic (exact) mass is 400 g/mol. The van der Waals surface area contributed by atoms with E-state index in [0.29, 0.717) is 32.0 Å². The van der Waals surface area contributed by atoms with E-state index in [-0.39, 0.29) is 11.7 Å². The average Bonchev–Trinajstić information content (AvgIpc) is 2.69. The molecule has 1 saturated heterocycles. The van der Waals surface area contributed by atoms with E-state index in [9.17, 15) is 9.18 Å². The van der Waals surface area contributed by atoms with E-state index in [2.05, 4.69) is 4.90 Å². The molecule has 0 saturated carbocycles. The number of ether oxygens (including phenoxy) is 2. The van der Waals surface area contributed by atoms with Gasteiger partial charge in [0, 0.05) is 44.6 Å². The van der Waals surface area contributed by atoms with Crippen molar-refractivity contribution in [2.24, 2.45) is 5.92 Å². The van der Waals surface area contributed by atoms with E-state index in [1.807, 2.05) is 38.4 Å². The second kappa shape index (κ2) is 9.74. The van der Waals surface area contributed by atoms with Crippen molar-refractivity contribution in [3.63, 3.8) is 0 Å². The lowest BCUT2D eigenvalue weighted by molar-refractivity contribution is -0.133. The molecule has 0 aromatic heterocycles. The number of methoxy groups -OCH3 is 1. The van der Waals surface area contributed by atoms with Crippen LogP contribution in [0.5, 0.6) is 11.5 Å². The summed E-state index contributed by atoms with van der Waals surface area (Å²) in [5.41, 5.74) is 1.94. The molecule has 29 heavy (non-hydrogen) atoms. The number of halogens is 1. The average molecular weight is 400 g/mol. The van der Waals surface area contributed by atoms with E-state index in [1.165, 1.54) is 6.07 Å². The minimum Gasteiger partial charge on any atom is -0.496 e. The van der Waals surface area contributed by atoms with Crippen LogP contribution in [-0.2, 0) is 17.9 Å². The van der Waals surface area contributed by atoms with E-state index in [4.69, 9.17) is 9.47 Å². The Kier molecular flexibility index (Phi) is 7.09. The minimum atomic E-state index is -0.223. The van der Waals surface area contributed by atoms with E-state index in [0.717, 1.165) is 35.6 Å². The zero-order chi connectivity index (χ0) is 20.8. The van der Waals surface area contributed by atoms with Gasteiger partial charge in [-0.3, -0.25) is 9.69 Å². The molecule has 0 N–H and O–H groups in total. The molecule has 0 aliphatic carbocycles. The number of hydrogen-bond donors (Lipinski definition) is 0. The van der Waals surface area contributed by atoms with Crippen LogP contribution in [0.3, 0.4) is 0 Å². The number of nitrogens with zero attached hydrogens (tertiary/aromatic N) is 2. The van der Waals surface area contributed by atoms with Gasteiger partial charge in [0.05, 0.1) is 13.7 Å². The lowest BCUT2D eigenvalue weighted by atomic mass is 9.99. The van der Waals surface area contributed by atoms with E-state index >= 15 is 0 Å². The van der Waals surface area contributed by atoms with Gasteiger partial charge in [0.25, 0.3) is 0 Å². The highest BCUT2D eigenvalue weighted by atomic mass is 19.1. The van der Waals surface area contributed by atoms with Gasteiger partial charge < -0.3 is 14.4 Å². The van der Waals surface area contributed by atoms with Crippen LogP contribution in [0.2, 0.25) is 0 Å². The number of carbonyl (C=O) groups is 1. The lowest BCUT2D eigenvalue weighted by Gasteiger charge is -2.29. The number of benzene rings is 2. The summed E-state index contributed by atoms with van der Waals surface area (Å²) in [5, 5.41) is 0. The SMILES string of the molecule is COc1ccc(OCC2CCC(=O)N(C)C2)cc1CN(C)Cc1cccc(F)c1. The Hall–Kier alpha value is -2.60. The van der Waals surface area contributed by atoms with Crippen LogP contribution >= 0.6 is 0 Å².